The van der Waals surface area contributed by atoms with Gasteiger partial charge in [0, 0.05) is 6.42 Å². The van der Waals surface area contributed by atoms with Crippen molar-refractivity contribution < 1.29 is 18.7 Å². The fourth-order valence-corrected chi connectivity index (χ4v) is 3.27. The predicted molar refractivity (Wildman–Crippen MR) is 100 cm³/mol. The molecule has 3 heterocycles. The molecule has 9 heteroatoms. The molecule has 1 saturated heterocycles. The highest BCUT2D eigenvalue weighted by Crippen LogP contribution is 2.38. The number of rotatable bonds is 8. The molecule has 1 aliphatic rings. The third-order valence-electron chi connectivity index (χ3n) is 4.85. The van der Waals surface area contributed by atoms with Crippen LogP contribution in [0.4, 0.5) is 10.2 Å². The van der Waals surface area contributed by atoms with Gasteiger partial charge in [-0.25, -0.2) is 4.98 Å². The number of aromatic nitrogens is 4. The van der Waals surface area contributed by atoms with Crippen molar-refractivity contribution in [2.45, 2.75) is 63.7 Å². The number of esters is 1. The van der Waals surface area contributed by atoms with Crippen LogP contribution in [0.2, 0.25) is 0 Å². The van der Waals surface area contributed by atoms with Gasteiger partial charge in [-0.05, 0) is 19.3 Å². The number of nitrogens with two attached hydrogens (primary N) is 1. The van der Waals surface area contributed by atoms with Crippen molar-refractivity contribution in [2.75, 3.05) is 12.3 Å². The number of imidazole rings is 1. The number of anilines is 1. The van der Waals surface area contributed by atoms with E-state index >= 15 is 0 Å². The Kier molecular flexibility index (Phi) is 6.09. The van der Waals surface area contributed by atoms with Gasteiger partial charge in [0.25, 0.3) is 0 Å². The highest BCUT2D eigenvalue weighted by Gasteiger charge is 2.41. The largest absolute Gasteiger partial charge is 0.462 e. The number of halogens is 1. The van der Waals surface area contributed by atoms with E-state index in [1.54, 1.807) is 4.57 Å². The second-order valence-electron chi connectivity index (χ2n) is 6.92. The van der Waals surface area contributed by atoms with Crippen LogP contribution in [0.1, 0.15) is 58.1 Å². The van der Waals surface area contributed by atoms with Gasteiger partial charge in [-0.2, -0.15) is 14.4 Å². The molecule has 1 aliphatic heterocycles. The number of terminal acetylenes is 1. The summed E-state index contributed by atoms with van der Waals surface area (Å²) in [6.07, 6.45) is 11.1. The summed E-state index contributed by atoms with van der Waals surface area (Å²) in [7, 11) is 0. The van der Waals surface area contributed by atoms with Crippen LogP contribution in [-0.4, -0.2) is 37.7 Å². The van der Waals surface area contributed by atoms with E-state index in [0.717, 1.165) is 25.7 Å². The van der Waals surface area contributed by atoms with Crippen molar-refractivity contribution in [3.63, 3.8) is 0 Å². The third-order valence-corrected chi connectivity index (χ3v) is 4.85. The van der Waals surface area contributed by atoms with Crippen molar-refractivity contribution in [1.82, 2.24) is 19.5 Å². The maximum atomic E-state index is 13.5. The summed E-state index contributed by atoms with van der Waals surface area (Å²) in [6.45, 7) is 2.09. The van der Waals surface area contributed by atoms with Gasteiger partial charge in [0.15, 0.2) is 22.6 Å². The molecule has 0 aliphatic carbocycles. The van der Waals surface area contributed by atoms with Crippen LogP contribution in [0.3, 0.4) is 0 Å². The van der Waals surface area contributed by atoms with Crippen molar-refractivity contribution in [1.29, 1.82) is 0 Å². The predicted octanol–water partition coefficient (Wildman–Crippen LogP) is 2.74. The molecule has 2 aromatic heterocycles. The van der Waals surface area contributed by atoms with E-state index in [-0.39, 0.29) is 24.0 Å². The zero-order chi connectivity index (χ0) is 20.1. The standard InChI is InChI=1S/C19H24FN5O3/c1-3-5-6-7-8-14(26)27-11-19(4-2)10-9-13(28-19)25-12-22-15-16(21)23-18(20)24-17(15)25/h2,12-13H,3,5-11H2,1H3,(H2,21,23,24)/t13-,19+/m1/s1. The second-order valence-corrected chi connectivity index (χ2v) is 6.92. The molecule has 0 bridgehead atoms. The maximum Gasteiger partial charge on any atom is 0.312 e. The SMILES string of the molecule is C#C[C@@]1(COC(=O)CCCCCC)CC[C@H](n2cnc3c(N)nc(F)nc32)O1. The lowest BCUT2D eigenvalue weighted by molar-refractivity contribution is -0.152. The van der Waals surface area contributed by atoms with Crippen LogP contribution in [0.25, 0.3) is 11.2 Å². The van der Waals surface area contributed by atoms with Crippen molar-refractivity contribution in [3.8, 4) is 12.3 Å². The molecule has 2 atom stereocenters. The molecule has 2 aromatic rings. The number of hydrogen-bond donors (Lipinski definition) is 1. The van der Waals surface area contributed by atoms with Crippen LogP contribution in [0.5, 0.6) is 0 Å². The normalized spacial score (nSPS) is 21.7. The van der Waals surface area contributed by atoms with E-state index in [1.165, 1.54) is 6.33 Å². The first-order chi connectivity index (χ1) is 13.5. The first kappa shape index (κ1) is 20.0. The fraction of sp³-hybridized carbons (Fsp3) is 0.579. The zero-order valence-electron chi connectivity index (χ0n) is 15.9. The van der Waals surface area contributed by atoms with Gasteiger partial charge in [-0.1, -0.05) is 32.1 Å². The average Bonchev–Trinajstić information content (AvgIpc) is 3.28. The molecule has 0 saturated carbocycles. The van der Waals surface area contributed by atoms with Gasteiger partial charge < -0.3 is 15.2 Å². The highest BCUT2D eigenvalue weighted by atomic mass is 19.1. The van der Waals surface area contributed by atoms with Gasteiger partial charge in [-0.15, -0.1) is 6.42 Å². The summed E-state index contributed by atoms with van der Waals surface area (Å²) in [5, 5.41) is 0. The Balaban J connectivity index is 1.64. The number of carbonyl (C=O) groups excluding carboxylic acids is 1. The quantitative estimate of drug-likeness (QED) is 0.320. The molecule has 150 valence electrons. The van der Waals surface area contributed by atoms with Crippen molar-refractivity contribution in [3.05, 3.63) is 12.4 Å². The van der Waals surface area contributed by atoms with E-state index in [1.807, 2.05) is 0 Å². The van der Waals surface area contributed by atoms with Crippen LogP contribution in [-0.2, 0) is 14.3 Å². The number of ether oxygens (including phenoxy) is 2. The minimum Gasteiger partial charge on any atom is -0.462 e. The van der Waals surface area contributed by atoms with Gasteiger partial charge in [0.1, 0.15) is 12.8 Å². The fourth-order valence-electron chi connectivity index (χ4n) is 3.27. The van der Waals surface area contributed by atoms with E-state index in [0.29, 0.717) is 24.8 Å². The summed E-state index contributed by atoms with van der Waals surface area (Å²) in [6, 6.07) is 0. The van der Waals surface area contributed by atoms with E-state index in [2.05, 4.69) is 27.8 Å². The van der Waals surface area contributed by atoms with Crippen molar-refractivity contribution in [2.24, 2.45) is 0 Å². The summed E-state index contributed by atoms with van der Waals surface area (Å²) in [4.78, 5) is 23.3. The Hall–Kier alpha value is -2.73. The van der Waals surface area contributed by atoms with Gasteiger partial charge in [0.2, 0.25) is 0 Å². The molecule has 2 N–H and O–H groups in total. The molecular formula is C19H24FN5O3. The molecule has 0 amide bonds. The number of fused-ring (bicyclic) bond motifs is 1. The van der Waals surface area contributed by atoms with Crippen LogP contribution < -0.4 is 5.73 Å². The molecular weight excluding hydrogens is 365 g/mol. The lowest BCUT2D eigenvalue weighted by Crippen LogP contribution is -2.34. The Bertz CT molecular complexity index is 894. The van der Waals surface area contributed by atoms with Gasteiger partial charge in [0.05, 0.1) is 6.33 Å². The Morgan fingerprint density at radius 3 is 3.07 bits per heavy atom. The maximum absolute atomic E-state index is 13.5. The first-order valence-electron chi connectivity index (χ1n) is 9.45. The Labute approximate surface area is 162 Å². The second kappa shape index (κ2) is 8.52. The smallest absolute Gasteiger partial charge is 0.312 e. The first-order valence-corrected chi connectivity index (χ1v) is 9.45. The Morgan fingerprint density at radius 1 is 1.50 bits per heavy atom. The number of unbranched alkanes of at least 4 members (excludes halogenated alkanes) is 3. The highest BCUT2D eigenvalue weighted by molar-refractivity contribution is 5.81. The lowest BCUT2D eigenvalue weighted by atomic mass is 10.0. The summed E-state index contributed by atoms with van der Waals surface area (Å²) in [5.41, 5.74) is 5.19. The summed E-state index contributed by atoms with van der Waals surface area (Å²) in [5.74, 6) is 2.28. The Morgan fingerprint density at radius 2 is 2.32 bits per heavy atom. The monoisotopic (exact) mass is 389 g/mol. The van der Waals surface area contributed by atoms with E-state index < -0.39 is 17.9 Å². The minimum atomic E-state index is -1.03. The van der Waals surface area contributed by atoms with E-state index in [9.17, 15) is 9.18 Å². The molecule has 0 aromatic carbocycles. The molecule has 0 spiro atoms. The molecule has 8 nitrogen and oxygen atoms in total. The van der Waals surface area contributed by atoms with Crippen LogP contribution >= 0.6 is 0 Å². The summed E-state index contributed by atoms with van der Waals surface area (Å²) >= 11 is 0. The average molecular weight is 389 g/mol. The topological polar surface area (TPSA) is 105 Å². The number of carbonyl (C=O) groups is 1. The van der Waals surface area contributed by atoms with Crippen LogP contribution in [0.15, 0.2) is 6.33 Å². The van der Waals surface area contributed by atoms with Gasteiger partial charge >= 0.3 is 12.0 Å². The number of nitrogens with zero attached hydrogens (tertiary/aromatic N) is 4. The third kappa shape index (κ3) is 4.22. The van der Waals surface area contributed by atoms with Crippen LogP contribution in [0, 0.1) is 18.4 Å². The molecule has 3 rings (SSSR count). The zero-order valence-corrected chi connectivity index (χ0v) is 15.9. The molecule has 0 radical (unpaired) electrons. The van der Waals surface area contributed by atoms with E-state index in [4.69, 9.17) is 21.6 Å². The molecule has 0 unspecified atom stereocenters. The number of nitrogen functional groups attached to an aromatic ring is 1. The summed E-state index contributed by atoms with van der Waals surface area (Å²) < 4.78 is 26.5. The minimum absolute atomic E-state index is 0.0231. The number of hydrogen-bond acceptors (Lipinski definition) is 7. The van der Waals surface area contributed by atoms with Gasteiger partial charge in [-0.3, -0.25) is 9.36 Å². The molecule has 1 fully saturated rings. The molecule has 28 heavy (non-hydrogen) atoms. The lowest BCUT2D eigenvalue weighted by Gasteiger charge is -2.23. The van der Waals surface area contributed by atoms with Crippen molar-refractivity contribution >= 4 is 23.0 Å².